The van der Waals surface area contributed by atoms with Crippen LogP contribution in [0.3, 0.4) is 0 Å². The molecule has 34 heavy (non-hydrogen) atoms. The summed E-state index contributed by atoms with van der Waals surface area (Å²) in [6.07, 6.45) is 0.610. The first-order valence-corrected chi connectivity index (χ1v) is 12.2. The second-order valence-electron chi connectivity index (χ2n) is 8.04. The van der Waals surface area contributed by atoms with Crippen LogP contribution in [0.25, 0.3) is 0 Å². The first-order valence-electron chi connectivity index (χ1n) is 10.8. The van der Waals surface area contributed by atoms with Crippen LogP contribution in [0, 0.1) is 13.8 Å². The molecule has 0 bridgehead atoms. The molecule has 0 saturated heterocycles. The Balaban J connectivity index is 1.60. The second kappa shape index (κ2) is 9.61. The SMILES string of the molecule is C=CCOc1ccc(NC(=O)[C@H]2CN(S(=O)(=O)c3ccc(C)cc3)c3cc(C)ccc3O2)cc1. The molecule has 3 aromatic carbocycles. The Hall–Kier alpha value is -3.78. The van der Waals surface area contributed by atoms with Gasteiger partial charge in [-0.15, -0.1) is 0 Å². The summed E-state index contributed by atoms with van der Waals surface area (Å²) in [5, 5.41) is 2.80. The van der Waals surface area contributed by atoms with Crippen molar-refractivity contribution in [2.75, 3.05) is 22.8 Å². The zero-order valence-electron chi connectivity index (χ0n) is 19.0. The fourth-order valence-electron chi connectivity index (χ4n) is 3.58. The summed E-state index contributed by atoms with van der Waals surface area (Å²) in [6, 6.07) is 18.8. The van der Waals surface area contributed by atoms with Gasteiger partial charge in [0.25, 0.3) is 15.9 Å². The van der Waals surface area contributed by atoms with Crippen molar-refractivity contribution in [2.45, 2.75) is 24.8 Å². The molecule has 0 fully saturated rings. The van der Waals surface area contributed by atoms with E-state index < -0.39 is 22.0 Å². The number of benzene rings is 3. The minimum atomic E-state index is -3.91. The molecule has 0 aromatic heterocycles. The van der Waals surface area contributed by atoms with Crippen molar-refractivity contribution in [3.8, 4) is 11.5 Å². The molecule has 1 aliphatic heterocycles. The van der Waals surface area contributed by atoms with E-state index in [0.717, 1.165) is 11.1 Å². The number of hydrogen-bond donors (Lipinski definition) is 1. The number of nitrogens with zero attached hydrogens (tertiary/aromatic N) is 1. The van der Waals surface area contributed by atoms with Crippen LogP contribution < -0.4 is 19.1 Å². The third-order valence-corrected chi connectivity index (χ3v) is 7.17. The van der Waals surface area contributed by atoms with Gasteiger partial charge in [0.2, 0.25) is 0 Å². The lowest BCUT2D eigenvalue weighted by Gasteiger charge is -2.35. The van der Waals surface area contributed by atoms with E-state index in [1.165, 1.54) is 4.31 Å². The lowest BCUT2D eigenvalue weighted by molar-refractivity contribution is -0.122. The molecule has 0 unspecified atom stereocenters. The lowest BCUT2D eigenvalue weighted by atomic mass is 10.1. The van der Waals surface area contributed by atoms with Gasteiger partial charge in [-0.05, 0) is 67.9 Å². The van der Waals surface area contributed by atoms with Gasteiger partial charge in [0.1, 0.15) is 18.1 Å². The zero-order valence-corrected chi connectivity index (χ0v) is 19.8. The molecule has 1 N–H and O–H groups in total. The molecule has 0 radical (unpaired) electrons. The summed E-state index contributed by atoms with van der Waals surface area (Å²) in [7, 11) is -3.91. The van der Waals surface area contributed by atoms with Crippen LogP contribution in [0.15, 0.2) is 84.3 Å². The van der Waals surface area contributed by atoms with Crippen LogP contribution in [-0.2, 0) is 14.8 Å². The van der Waals surface area contributed by atoms with E-state index in [1.54, 1.807) is 66.7 Å². The normalized spacial score (nSPS) is 15.1. The van der Waals surface area contributed by atoms with Gasteiger partial charge < -0.3 is 14.8 Å². The van der Waals surface area contributed by atoms with E-state index in [-0.39, 0.29) is 11.4 Å². The maximum absolute atomic E-state index is 13.5. The van der Waals surface area contributed by atoms with Crippen molar-refractivity contribution < 1.29 is 22.7 Å². The average molecular weight is 479 g/mol. The molecular weight excluding hydrogens is 452 g/mol. The minimum Gasteiger partial charge on any atom is -0.490 e. The van der Waals surface area contributed by atoms with E-state index in [1.807, 2.05) is 19.9 Å². The summed E-state index contributed by atoms with van der Waals surface area (Å²) in [6.45, 7) is 7.60. The monoisotopic (exact) mass is 478 g/mol. The van der Waals surface area contributed by atoms with Crippen molar-refractivity contribution in [2.24, 2.45) is 0 Å². The van der Waals surface area contributed by atoms with Crippen LogP contribution >= 0.6 is 0 Å². The van der Waals surface area contributed by atoms with E-state index in [2.05, 4.69) is 11.9 Å². The summed E-state index contributed by atoms with van der Waals surface area (Å²) >= 11 is 0. The lowest BCUT2D eigenvalue weighted by Crippen LogP contribution is -2.48. The Morgan fingerprint density at radius 3 is 2.44 bits per heavy atom. The number of carbonyl (C=O) groups excluding carboxylic acids is 1. The fraction of sp³-hybridized carbons (Fsp3) is 0.192. The number of rotatable bonds is 7. The first kappa shape index (κ1) is 23.4. The van der Waals surface area contributed by atoms with E-state index in [9.17, 15) is 13.2 Å². The summed E-state index contributed by atoms with van der Waals surface area (Å²) in [5.74, 6) is 0.530. The number of carbonyl (C=O) groups is 1. The highest BCUT2D eigenvalue weighted by molar-refractivity contribution is 7.92. The Morgan fingerprint density at radius 1 is 1.09 bits per heavy atom. The summed E-state index contributed by atoms with van der Waals surface area (Å²) < 4.78 is 39.7. The second-order valence-corrected chi connectivity index (χ2v) is 9.90. The highest BCUT2D eigenvalue weighted by atomic mass is 32.2. The van der Waals surface area contributed by atoms with Crippen LogP contribution in [0.4, 0.5) is 11.4 Å². The van der Waals surface area contributed by atoms with Crippen molar-refractivity contribution in [3.05, 3.63) is 90.5 Å². The maximum atomic E-state index is 13.5. The van der Waals surface area contributed by atoms with E-state index >= 15 is 0 Å². The third-order valence-electron chi connectivity index (χ3n) is 5.38. The van der Waals surface area contributed by atoms with Crippen LogP contribution in [-0.4, -0.2) is 33.6 Å². The van der Waals surface area contributed by atoms with Gasteiger partial charge in [0.05, 0.1) is 17.1 Å². The molecule has 1 atom stereocenters. The van der Waals surface area contributed by atoms with E-state index in [0.29, 0.717) is 29.5 Å². The molecule has 1 heterocycles. The Kier molecular flexibility index (Phi) is 6.61. The Labute approximate surface area is 199 Å². The number of sulfonamides is 1. The van der Waals surface area contributed by atoms with Gasteiger partial charge in [-0.25, -0.2) is 8.42 Å². The number of hydrogen-bond acceptors (Lipinski definition) is 5. The molecule has 3 aromatic rings. The van der Waals surface area contributed by atoms with Crippen molar-refractivity contribution >= 4 is 27.3 Å². The largest absolute Gasteiger partial charge is 0.490 e. The fourth-order valence-corrected chi connectivity index (χ4v) is 5.04. The molecular formula is C26H26N2O5S. The maximum Gasteiger partial charge on any atom is 0.267 e. The minimum absolute atomic E-state index is 0.154. The molecule has 0 saturated carbocycles. The zero-order chi connectivity index (χ0) is 24.3. The van der Waals surface area contributed by atoms with Gasteiger partial charge in [0, 0.05) is 5.69 Å². The summed E-state index contributed by atoms with van der Waals surface area (Å²) in [5.41, 5.74) is 2.79. The highest BCUT2D eigenvalue weighted by Gasteiger charge is 2.37. The van der Waals surface area contributed by atoms with Gasteiger partial charge in [0.15, 0.2) is 6.10 Å². The van der Waals surface area contributed by atoms with Gasteiger partial charge >= 0.3 is 0 Å². The predicted molar refractivity (Wildman–Crippen MR) is 132 cm³/mol. The van der Waals surface area contributed by atoms with Crippen LogP contribution in [0.2, 0.25) is 0 Å². The van der Waals surface area contributed by atoms with Crippen molar-refractivity contribution in [1.29, 1.82) is 0 Å². The average Bonchev–Trinajstić information content (AvgIpc) is 2.83. The van der Waals surface area contributed by atoms with Crippen LogP contribution in [0.5, 0.6) is 11.5 Å². The number of ether oxygens (including phenoxy) is 2. The smallest absolute Gasteiger partial charge is 0.267 e. The molecule has 1 amide bonds. The molecule has 0 spiro atoms. The summed E-state index contributed by atoms with van der Waals surface area (Å²) in [4.78, 5) is 13.2. The molecule has 4 rings (SSSR count). The van der Waals surface area contributed by atoms with Gasteiger partial charge in [-0.1, -0.05) is 36.4 Å². The molecule has 0 aliphatic carbocycles. The molecule has 176 valence electrons. The van der Waals surface area contributed by atoms with Gasteiger partial charge in [-0.3, -0.25) is 9.10 Å². The topological polar surface area (TPSA) is 84.9 Å². The highest BCUT2D eigenvalue weighted by Crippen LogP contribution is 2.38. The van der Waals surface area contributed by atoms with Crippen molar-refractivity contribution in [1.82, 2.24) is 0 Å². The molecule has 1 aliphatic rings. The van der Waals surface area contributed by atoms with E-state index in [4.69, 9.17) is 9.47 Å². The number of fused-ring (bicyclic) bond motifs is 1. The third kappa shape index (κ3) is 4.92. The molecule has 7 nitrogen and oxygen atoms in total. The number of nitrogens with one attached hydrogen (secondary N) is 1. The first-order chi connectivity index (χ1) is 16.3. The quantitative estimate of drug-likeness (QED) is 0.507. The van der Waals surface area contributed by atoms with Crippen LogP contribution in [0.1, 0.15) is 11.1 Å². The molecule has 8 heteroatoms. The van der Waals surface area contributed by atoms with Gasteiger partial charge in [-0.2, -0.15) is 0 Å². The predicted octanol–water partition coefficient (Wildman–Crippen LogP) is 4.46. The Bertz CT molecular complexity index is 1300. The number of aryl methyl sites for hydroxylation is 2. The standard InChI is InChI=1S/C26H26N2O5S/c1-4-15-32-21-10-8-20(9-11-21)27-26(29)25-17-28(23-16-19(3)7-14-24(23)33-25)34(30,31)22-12-5-18(2)6-13-22/h4-14,16,25H,1,15,17H2,2-3H3,(H,27,29)/t25-/m1/s1. The number of anilines is 2. The van der Waals surface area contributed by atoms with Crippen molar-refractivity contribution in [3.63, 3.8) is 0 Å². The Morgan fingerprint density at radius 2 is 1.76 bits per heavy atom. The number of amides is 1.